The lowest BCUT2D eigenvalue weighted by Crippen LogP contribution is -2.41. The van der Waals surface area contributed by atoms with Crippen molar-refractivity contribution in [3.8, 4) is 0 Å². The van der Waals surface area contributed by atoms with E-state index in [2.05, 4.69) is 4.72 Å². The van der Waals surface area contributed by atoms with Crippen LogP contribution in [0.25, 0.3) is 0 Å². The second kappa shape index (κ2) is 7.17. The second-order valence-electron chi connectivity index (χ2n) is 4.67. The minimum absolute atomic E-state index is 0.0768. The van der Waals surface area contributed by atoms with Crippen molar-refractivity contribution in [3.05, 3.63) is 33.3 Å². The van der Waals surface area contributed by atoms with E-state index in [0.717, 1.165) is 12.1 Å². The van der Waals surface area contributed by atoms with Gasteiger partial charge in [-0.25, -0.2) is 13.1 Å². The van der Waals surface area contributed by atoms with Gasteiger partial charge < -0.3 is 5.11 Å². The van der Waals surface area contributed by atoms with Gasteiger partial charge >= 0.3 is 0 Å². The molecule has 0 saturated carbocycles. The van der Waals surface area contributed by atoms with Gasteiger partial charge in [-0.1, -0.05) is 31.9 Å². The molecule has 0 bridgehead atoms. The van der Waals surface area contributed by atoms with Crippen LogP contribution < -0.4 is 4.72 Å². The Morgan fingerprint density at radius 3 is 2.57 bits per heavy atom. The van der Waals surface area contributed by atoms with Gasteiger partial charge in [-0.2, -0.15) is 0 Å². The minimum atomic E-state index is -3.97. The number of aliphatic hydroxyl groups excluding tert-OH is 1. The molecule has 118 valence electrons. The van der Waals surface area contributed by atoms with Gasteiger partial charge in [-0.3, -0.25) is 10.1 Å². The molecule has 1 rings (SSSR count). The van der Waals surface area contributed by atoms with Crippen molar-refractivity contribution in [2.24, 2.45) is 5.92 Å². The monoisotopic (exact) mass is 336 g/mol. The average molecular weight is 337 g/mol. The van der Waals surface area contributed by atoms with Crippen LogP contribution in [0.4, 0.5) is 5.69 Å². The van der Waals surface area contributed by atoms with E-state index in [9.17, 15) is 23.6 Å². The highest BCUT2D eigenvalue weighted by Crippen LogP contribution is 2.27. The summed E-state index contributed by atoms with van der Waals surface area (Å²) >= 11 is 5.65. The molecule has 0 aliphatic heterocycles. The zero-order valence-corrected chi connectivity index (χ0v) is 13.2. The predicted molar refractivity (Wildman–Crippen MR) is 78.8 cm³/mol. The predicted octanol–water partition coefficient (Wildman–Crippen LogP) is 1.93. The molecule has 0 heterocycles. The van der Waals surface area contributed by atoms with E-state index in [0.29, 0.717) is 6.42 Å². The molecule has 0 aromatic heterocycles. The first-order valence-corrected chi connectivity index (χ1v) is 8.16. The normalized spacial score (nSPS) is 14.7. The van der Waals surface area contributed by atoms with Crippen LogP contribution in [0.15, 0.2) is 23.1 Å². The number of sulfonamides is 1. The molecule has 1 aromatic rings. The second-order valence-corrected chi connectivity index (χ2v) is 6.79. The van der Waals surface area contributed by atoms with E-state index in [1.807, 2.05) is 6.92 Å². The van der Waals surface area contributed by atoms with E-state index in [-0.39, 0.29) is 22.4 Å². The van der Waals surface area contributed by atoms with Gasteiger partial charge in [0, 0.05) is 12.1 Å². The number of hydrogen-bond donors (Lipinski definition) is 2. The summed E-state index contributed by atoms with van der Waals surface area (Å²) in [5.74, 6) is -0.0768. The minimum Gasteiger partial charge on any atom is -0.395 e. The maximum Gasteiger partial charge on any atom is 0.289 e. The van der Waals surface area contributed by atoms with Gasteiger partial charge in [0.25, 0.3) is 5.69 Å². The zero-order valence-electron chi connectivity index (χ0n) is 11.6. The molecule has 7 nitrogen and oxygen atoms in total. The maximum atomic E-state index is 12.2. The highest BCUT2D eigenvalue weighted by Gasteiger charge is 2.25. The molecule has 2 atom stereocenters. The molecule has 0 aliphatic rings. The lowest BCUT2D eigenvalue weighted by molar-refractivity contribution is -0.384. The van der Waals surface area contributed by atoms with Crippen molar-refractivity contribution in [3.63, 3.8) is 0 Å². The van der Waals surface area contributed by atoms with Crippen molar-refractivity contribution in [2.45, 2.75) is 31.2 Å². The Hall–Kier alpha value is -1.22. The summed E-state index contributed by atoms with van der Waals surface area (Å²) in [4.78, 5) is 9.79. The van der Waals surface area contributed by atoms with Crippen molar-refractivity contribution < 1.29 is 18.4 Å². The van der Waals surface area contributed by atoms with Gasteiger partial charge in [0.05, 0.1) is 16.4 Å². The molecule has 0 saturated heterocycles. The van der Waals surface area contributed by atoms with E-state index >= 15 is 0 Å². The van der Waals surface area contributed by atoms with Gasteiger partial charge in [-0.15, -0.1) is 0 Å². The Labute approximate surface area is 128 Å². The lowest BCUT2D eigenvalue weighted by Gasteiger charge is -2.21. The smallest absolute Gasteiger partial charge is 0.289 e. The van der Waals surface area contributed by atoms with Gasteiger partial charge in [0.1, 0.15) is 5.02 Å². The Kier molecular flexibility index (Phi) is 6.09. The molecule has 0 aliphatic carbocycles. The van der Waals surface area contributed by atoms with E-state index in [1.165, 1.54) is 6.07 Å². The number of benzene rings is 1. The quantitative estimate of drug-likeness (QED) is 0.584. The zero-order chi connectivity index (χ0) is 16.2. The number of nitro benzene ring substituents is 1. The maximum absolute atomic E-state index is 12.2. The lowest BCUT2D eigenvalue weighted by atomic mass is 10.0. The van der Waals surface area contributed by atoms with Crippen LogP contribution in [-0.2, 0) is 10.0 Å². The van der Waals surface area contributed by atoms with Crippen molar-refractivity contribution >= 4 is 27.3 Å². The molecule has 0 radical (unpaired) electrons. The fourth-order valence-corrected chi connectivity index (χ4v) is 3.23. The first-order chi connectivity index (χ1) is 9.72. The van der Waals surface area contributed by atoms with Crippen LogP contribution in [-0.4, -0.2) is 31.1 Å². The largest absolute Gasteiger partial charge is 0.395 e. The highest BCUT2D eigenvalue weighted by molar-refractivity contribution is 7.89. The number of halogens is 1. The Balaban J connectivity index is 3.13. The number of nitrogens with zero attached hydrogens (tertiary/aromatic N) is 1. The Bertz CT molecular complexity index is 620. The van der Waals surface area contributed by atoms with Crippen molar-refractivity contribution in [1.29, 1.82) is 0 Å². The van der Waals surface area contributed by atoms with Crippen molar-refractivity contribution in [2.75, 3.05) is 6.61 Å². The summed E-state index contributed by atoms with van der Waals surface area (Å²) in [6.07, 6.45) is 0.675. The van der Waals surface area contributed by atoms with Gasteiger partial charge in [-0.05, 0) is 18.1 Å². The number of aliphatic hydroxyl groups is 1. The van der Waals surface area contributed by atoms with Gasteiger partial charge in [0.2, 0.25) is 10.0 Å². The highest BCUT2D eigenvalue weighted by atomic mass is 35.5. The molecule has 1 aromatic carbocycles. The summed E-state index contributed by atoms with van der Waals surface area (Å²) in [6.45, 7) is 3.31. The fourth-order valence-electron chi connectivity index (χ4n) is 1.68. The number of rotatable bonds is 7. The third kappa shape index (κ3) is 4.37. The van der Waals surface area contributed by atoms with E-state index in [1.54, 1.807) is 6.92 Å². The van der Waals surface area contributed by atoms with Crippen LogP contribution in [0.2, 0.25) is 5.02 Å². The summed E-state index contributed by atoms with van der Waals surface area (Å²) in [6, 6.07) is 2.58. The van der Waals surface area contributed by atoms with Gasteiger partial charge in [0.15, 0.2) is 0 Å². The van der Waals surface area contributed by atoms with E-state index < -0.39 is 26.7 Å². The number of nitro groups is 1. The Morgan fingerprint density at radius 2 is 2.10 bits per heavy atom. The van der Waals surface area contributed by atoms with Crippen LogP contribution in [0, 0.1) is 16.0 Å². The Morgan fingerprint density at radius 1 is 1.48 bits per heavy atom. The molecule has 0 fully saturated rings. The molecule has 2 N–H and O–H groups in total. The number of hydrogen-bond acceptors (Lipinski definition) is 5. The van der Waals surface area contributed by atoms with E-state index in [4.69, 9.17) is 11.6 Å². The summed E-state index contributed by atoms with van der Waals surface area (Å²) in [5.41, 5.74) is -0.483. The van der Waals surface area contributed by atoms with Crippen LogP contribution in [0.1, 0.15) is 20.3 Å². The molecular formula is C12H17ClN2O5S. The fraction of sp³-hybridized carbons (Fsp3) is 0.500. The standard InChI is InChI=1S/C12H17ClN2O5S/c1-3-8(2)11(7-16)14-21(19,20)9-4-5-10(13)12(6-9)15(17)18/h4-6,8,11,14,16H,3,7H2,1-2H3. The molecule has 0 spiro atoms. The van der Waals surface area contributed by atoms with Crippen LogP contribution in [0.5, 0.6) is 0 Å². The first-order valence-electron chi connectivity index (χ1n) is 6.30. The summed E-state index contributed by atoms with van der Waals surface area (Å²) in [7, 11) is -3.97. The molecule has 0 amide bonds. The topological polar surface area (TPSA) is 110 Å². The number of nitrogens with one attached hydrogen (secondary N) is 1. The van der Waals surface area contributed by atoms with Crippen LogP contribution in [0.3, 0.4) is 0 Å². The molecular weight excluding hydrogens is 320 g/mol. The molecule has 9 heteroatoms. The molecule has 21 heavy (non-hydrogen) atoms. The average Bonchev–Trinajstić information content (AvgIpc) is 2.43. The SMILES string of the molecule is CCC(C)C(CO)NS(=O)(=O)c1ccc(Cl)c([N+](=O)[O-])c1. The summed E-state index contributed by atoms with van der Waals surface area (Å²) in [5, 5.41) is 19.9. The summed E-state index contributed by atoms with van der Waals surface area (Å²) < 4.78 is 26.8. The van der Waals surface area contributed by atoms with Crippen LogP contribution >= 0.6 is 11.6 Å². The molecule has 2 unspecified atom stereocenters. The first kappa shape index (κ1) is 17.8. The van der Waals surface area contributed by atoms with Crippen molar-refractivity contribution in [1.82, 2.24) is 4.72 Å². The third-order valence-corrected chi connectivity index (χ3v) is 5.07. The third-order valence-electron chi connectivity index (χ3n) is 3.26.